The van der Waals surface area contributed by atoms with Crippen LogP contribution in [0.2, 0.25) is 0 Å². The lowest BCUT2D eigenvalue weighted by Gasteiger charge is -2.38. The Hall–Kier alpha value is -2.24. The molecule has 1 amide bonds. The summed E-state index contributed by atoms with van der Waals surface area (Å²) in [6.07, 6.45) is 2.67. The van der Waals surface area contributed by atoms with E-state index in [1.54, 1.807) is 12.1 Å². The predicted octanol–water partition coefficient (Wildman–Crippen LogP) is 2.92. The van der Waals surface area contributed by atoms with Crippen molar-refractivity contribution >= 4 is 5.91 Å². The Bertz CT molecular complexity index is 834. The fourth-order valence-corrected chi connectivity index (χ4v) is 4.80. The standard InChI is InChI=1S/C22H24FN3O/c23-17-8-6-16(7-9-17)22(11-12-22)21(27)26-13-10-19-18(14-26)20(25-24-19)15-4-2-1-3-5-15/h1-9,18-20,24-25H,10-14H2. The van der Waals surface area contributed by atoms with E-state index in [9.17, 15) is 9.18 Å². The van der Waals surface area contributed by atoms with Gasteiger partial charge in [0.1, 0.15) is 5.82 Å². The monoisotopic (exact) mass is 365 g/mol. The van der Waals surface area contributed by atoms with Crippen molar-refractivity contribution in [3.63, 3.8) is 0 Å². The molecule has 0 bridgehead atoms. The average Bonchev–Trinajstić information content (AvgIpc) is 3.41. The summed E-state index contributed by atoms with van der Waals surface area (Å²) in [5.74, 6) is 0.317. The number of nitrogens with zero attached hydrogens (tertiary/aromatic N) is 1. The zero-order chi connectivity index (χ0) is 18.4. The zero-order valence-electron chi connectivity index (χ0n) is 15.2. The summed E-state index contributed by atoms with van der Waals surface area (Å²) in [6.45, 7) is 1.53. The van der Waals surface area contributed by atoms with Crippen molar-refractivity contribution in [3.05, 3.63) is 71.5 Å². The van der Waals surface area contributed by atoms with Crippen LogP contribution >= 0.6 is 0 Å². The number of halogens is 1. The van der Waals surface area contributed by atoms with Gasteiger partial charge in [-0.3, -0.25) is 10.2 Å². The second kappa shape index (κ2) is 6.43. The Kier molecular flexibility index (Phi) is 4.02. The van der Waals surface area contributed by atoms with Gasteiger partial charge in [-0.1, -0.05) is 42.5 Å². The third kappa shape index (κ3) is 2.86. The predicted molar refractivity (Wildman–Crippen MR) is 101 cm³/mol. The van der Waals surface area contributed by atoms with Gasteiger partial charge in [-0.2, -0.15) is 0 Å². The first-order chi connectivity index (χ1) is 13.2. The first-order valence-electron chi connectivity index (χ1n) is 9.79. The minimum absolute atomic E-state index is 0.214. The highest BCUT2D eigenvalue weighted by molar-refractivity contribution is 5.91. The molecule has 2 aromatic carbocycles. The van der Waals surface area contributed by atoms with E-state index in [2.05, 4.69) is 35.1 Å². The highest BCUT2D eigenvalue weighted by Crippen LogP contribution is 2.50. The van der Waals surface area contributed by atoms with Crippen LogP contribution in [0, 0.1) is 11.7 Å². The van der Waals surface area contributed by atoms with Crippen LogP contribution in [-0.4, -0.2) is 29.9 Å². The van der Waals surface area contributed by atoms with Crippen LogP contribution in [0.3, 0.4) is 0 Å². The number of nitrogens with one attached hydrogen (secondary N) is 2. The Morgan fingerprint density at radius 2 is 1.78 bits per heavy atom. The van der Waals surface area contributed by atoms with Gasteiger partial charge in [0, 0.05) is 25.0 Å². The molecule has 2 N–H and O–H groups in total. The van der Waals surface area contributed by atoms with Crippen molar-refractivity contribution in [2.45, 2.75) is 36.8 Å². The first kappa shape index (κ1) is 16.9. The van der Waals surface area contributed by atoms with E-state index in [4.69, 9.17) is 0 Å². The molecule has 3 fully saturated rings. The minimum atomic E-state index is -0.428. The molecule has 2 aromatic rings. The largest absolute Gasteiger partial charge is 0.341 e. The number of carbonyl (C=O) groups excluding carboxylic acids is 1. The summed E-state index contributed by atoms with van der Waals surface area (Å²) in [4.78, 5) is 15.4. The number of hydrazine groups is 1. The van der Waals surface area contributed by atoms with Gasteiger partial charge in [0.25, 0.3) is 0 Å². The van der Waals surface area contributed by atoms with Crippen LogP contribution in [0.1, 0.15) is 36.4 Å². The number of carbonyl (C=O) groups is 1. The van der Waals surface area contributed by atoms with E-state index in [0.29, 0.717) is 12.0 Å². The fourth-order valence-electron chi connectivity index (χ4n) is 4.80. The summed E-state index contributed by atoms with van der Waals surface area (Å²) in [7, 11) is 0. The Morgan fingerprint density at radius 1 is 1.04 bits per heavy atom. The lowest BCUT2D eigenvalue weighted by molar-refractivity contribution is -0.136. The molecule has 2 heterocycles. The fraction of sp³-hybridized carbons (Fsp3) is 0.409. The molecular weight excluding hydrogens is 341 g/mol. The summed E-state index contributed by atoms with van der Waals surface area (Å²) < 4.78 is 13.3. The molecule has 3 aliphatic rings. The molecule has 2 saturated heterocycles. The molecule has 5 rings (SSSR count). The maximum absolute atomic E-state index is 13.4. The molecule has 2 aliphatic heterocycles. The van der Waals surface area contributed by atoms with Gasteiger partial charge in [-0.05, 0) is 42.5 Å². The van der Waals surface area contributed by atoms with Gasteiger partial charge in [0.15, 0.2) is 0 Å². The molecule has 4 nitrogen and oxygen atoms in total. The zero-order valence-corrected chi connectivity index (χ0v) is 15.2. The molecular formula is C22H24FN3O. The maximum Gasteiger partial charge on any atom is 0.233 e. The van der Waals surface area contributed by atoms with Gasteiger partial charge in [-0.15, -0.1) is 0 Å². The molecule has 27 heavy (non-hydrogen) atoms. The molecule has 0 radical (unpaired) electrons. The van der Waals surface area contributed by atoms with Crippen molar-refractivity contribution in [2.24, 2.45) is 5.92 Å². The van der Waals surface area contributed by atoms with Crippen LogP contribution in [0.4, 0.5) is 4.39 Å². The Balaban J connectivity index is 1.36. The van der Waals surface area contributed by atoms with Gasteiger partial charge in [0.2, 0.25) is 5.91 Å². The first-order valence-corrected chi connectivity index (χ1v) is 9.79. The number of amides is 1. The molecule has 0 aromatic heterocycles. The SMILES string of the molecule is O=C(N1CCC2NNC(c3ccccc3)C2C1)C1(c2ccc(F)cc2)CC1. The van der Waals surface area contributed by atoms with Crippen molar-refractivity contribution in [1.82, 2.24) is 15.8 Å². The third-order valence-electron chi connectivity index (χ3n) is 6.51. The lowest BCUT2D eigenvalue weighted by atomic mass is 9.84. The molecule has 140 valence electrons. The summed E-state index contributed by atoms with van der Waals surface area (Å²) in [6, 6.07) is 17.5. The Morgan fingerprint density at radius 3 is 2.48 bits per heavy atom. The third-order valence-corrected chi connectivity index (χ3v) is 6.51. The number of rotatable bonds is 3. The summed E-state index contributed by atoms with van der Waals surface area (Å²) in [5.41, 5.74) is 8.65. The van der Waals surface area contributed by atoms with Gasteiger partial charge < -0.3 is 4.90 Å². The highest BCUT2D eigenvalue weighted by atomic mass is 19.1. The molecule has 5 heteroatoms. The van der Waals surface area contributed by atoms with Gasteiger partial charge in [-0.25, -0.2) is 9.82 Å². The normalized spacial score (nSPS) is 28.6. The molecule has 1 aliphatic carbocycles. The van der Waals surface area contributed by atoms with Crippen LogP contribution in [0.25, 0.3) is 0 Å². The maximum atomic E-state index is 13.4. The summed E-state index contributed by atoms with van der Waals surface area (Å²) >= 11 is 0. The van der Waals surface area contributed by atoms with Crippen molar-refractivity contribution < 1.29 is 9.18 Å². The second-order valence-corrected chi connectivity index (χ2v) is 8.08. The molecule has 3 unspecified atom stereocenters. The highest BCUT2D eigenvalue weighted by Gasteiger charge is 2.54. The number of benzene rings is 2. The number of hydrogen-bond donors (Lipinski definition) is 2. The van der Waals surface area contributed by atoms with Crippen LogP contribution < -0.4 is 10.9 Å². The van der Waals surface area contributed by atoms with E-state index in [1.807, 2.05) is 11.0 Å². The van der Waals surface area contributed by atoms with Crippen molar-refractivity contribution in [2.75, 3.05) is 13.1 Å². The number of hydrogen-bond acceptors (Lipinski definition) is 3. The lowest BCUT2D eigenvalue weighted by Crippen LogP contribution is -2.50. The number of likely N-dealkylation sites (tertiary alicyclic amines) is 1. The Labute approximate surface area is 158 Å². The topological polar surface area (TPSA) is 44.4 Å². The van der Waals surface area contributed by atoms with E-state index in [1.165, 1.54) is 17.7 Å². The van der Waals surface area contributed by atoms with Gasteiger partial charge >= 0.3 is 0 Å². The molecule has 1 saturated carbocycles. The summed E-state index contributed by atoms with van der Waals surface area (Å²) in [5, 5.41) is 0. The smallest absolute Gasteiger partial charge is 0.233 e. The molecule has 0 spiro atoms. The quantitative estimate of drug-likeness (QED) is 0.879. The van der Waals surface area contributed by atoms with E-state index >= 15 is 0 Å². The van der Waals surface area contributed by atoms with E-state index in [-0.39, 0.29) is 17.8 Å². The van der Waals surface area contributed by atoms with Crippen LogP contribution in [0.15, 0.2) is 54.6 Å². The van der Waals surface area contributed by atoms with Crippen molar-refractivity contribution in [1.29, 1.82) is 0 Å². The van der Waals surface area contributed by atoms with Crippen LogP contribution in [-0.2, 0) is 10.2 Å². The number of piperidine rings is 1. The van der Waals surface area contributed by atoms with Crippen LogP contribution in [0.5, 0.6) is 0 Å². The average molecular weight is 365 g/mol. The van der Waals surface area contributed by atoms with Gasteiger partial charge in [0.05, 0.1) is 11.5 Å². The van der Waals surface area contributed by atoms with E-state index < -0.39 is 5.41 Å². The second-order valence-electron chi connectivity index (χ2n) is 8.08. The minimum Gasteiger partial charge on any atom is -0.341 e. The molecule has 3 atom stereocenters. The van der Waals surface area contributed by atoms with E-state index in [0.717, 1.165) is 37.9 Å². The number of fused-ring (bicyclic) bond motifs is 1. The van der Waals surface area contributed by atoms with Crippen molar-refractivity contribution in [3.8, 4) is 0 Å².